The Morgan fingerprint density at radius 2 is 2.29 bits per heavy atom. The van der Waals surface area contributed by atoms with Gasteiger partial charge in [0.2, 0.25) is 0 Å². The highest BCUT2D eigenvalue weighted by Gasteiger charge is 2.18. The van der Waals surface area contributed by atoms with E-state index >= 15 is 0 Å². The van der Waals surface area contributed by atoms with Crippen molar-refractivity contribution < 1.29 is 9.53 Å². The van der Waals surface area contributed by atoms with Gasteiger partial charge in [-0.05, 0) is 30.4 Å². The number of carbonyl (C=O) groups is 1. The van der Waals surface area contributed by atoms with Crippen LogP contribution < -0.4 is 11.1 Å². The van der Waals surface area contributed by atoms with Gasteiger partial charge in [-0.1, -0.05) is 24.3 Å². The Morgan fingerprint density at radius 1 is 1.47 bits per heavy atom. The summed E-state index contributed by atoms with van der Waals surface area (Å²) in [6.07, 6.45) is 2.78. The van der Waals surface area contributed by atoms with Crippen molar-refractivity contribution in [2.45, 2.75) is 25.3 Å². The molecule has 0 radical (unpaired) electrons. The molecule has 1 unspecified atom stereocenters. The fourth-order valence-corrected chi connectivity index (χ4v) is 2.35. The third kappa shape index (κ3) is 3.20. The van der Waals surface area contributed by atoms with Gasteiger partial charge in [-0.3, -0.25) is 0 Å². The molecule has 1 amide bonds. The lowest BCUT2D eigenvalue weighted by atomic mass is 9.88. The molecule has 3 N–H and O–H groups in total. The van der Waals surface area contributed by atoms with Gasteiger partial charge >= 0.3 is 6.09 Å². The summed E-state index contributed by atoms with van der Waals surface area (Å²) >= 11 is 0. The molecule has 2 rings (SSSR count). The van der Waals surface area contributed by atoms with E-state index in [-0.39, 0.29) is 0 Å². The summed E-state index contributed by atoms with van der Waals surface area (Å²) in [5, 5.41) is 3.40. The van der Waals surface area contributed by atoms with Crippen molar-refractivity contribution in [1.29, 1.82) is 0 Å². The Bertz CT molecular complexity index is 393. The topological polar surface area (TPSA) is 64.4 Å². The fourth-order valence-electron chi connectivity index (χ4n) is 2.35. The molecule has 4 heteroatoms. The zero-order valence-electron chi connectivity index (χ0n) is 9.82. The molecule has 1 aliphatic carbocycles. The summed E-state index contributed by atoms with van der Waals surface area (Å²) in [4.78, 5) is 10.4. The lowest BCUT2D eigenvalue weighted by molar-refractivity contribution is 0.155. The van der Waals surface area contributed by atoms with Crippen LogP contribution in [0.3, 0.4) is 0 Å². The molecule has 0 aliphatic heterocycles. The van der Waals surface area contributed by atoms with Crippen molar-refractivity contribution >= 4 is 6.09 Å². The number of ether oxygens (including phenoxy) is 1. The number of hydrogen-bond acceptors (Lipinski definition) is 3. The van der Waals surface area contributed by atoms with Crippen LogP contribution in [0.2, 0.25) is 0 Å². The zero-order valence-corrected chi connectivity index (χ0v) is 9.82. The first kappa shape index (κ1) is 11.9. The summed E-state index contributed by atoms with van der Waals surface area (Å²) in [5.41, 5.74) is 7.70. The van der Waals surface area contributed by atoms with Crippen molar-refractivity contribution in [2.75, 3.05) is 13.2 Å². The lowest BCUT2D eigenvalue weighted by Crippen LogP contribution is -2.29. The molecule has 4 nitrogen and oxygen atoms in total. The Labute approximate surface area is 101 Å². The van der Waals surface area contributed by atoms with E-state index in [1.807, 2.05) is 0 Å². The Morgan fingerprint density at radius 3 is 3.12 bits per heavy atom. The lowest BCUT2D eigenvalue weighted by Gasteiger charge is -2.26. The average Bonchev–Trinajstić information content (AvgIpc) is 2.34. The van der Waals surface area contributed by atoms with Gasteiger partial charge in [0, 0.05) is 12.6 Å². The van der Waals surface area contributed by atoms with Crippen LogP contribution in [0.15, 0.2) is 24.3 Å². The molecule has 0 saturated carbocycles. The maximum absolute atomic E-state index is 10.4. The molecular weight excluding hydrogens is 216 g/mol. The zero-order chi connectivity index (χ0) is 12.1. The largest absolute Gasteiger partial charge is 0.448 e. The molecule has 0 aromatic heterocycles. The quantitative estimate of drug-likeness (QED) is 0.780. The number of fused-ring (bicyclic) bond motifs is 1. The molecule has 0 saturated heterocycles. The third-order valence-corrected chi connectivity index (χ3v) is 3.11. The van der Waals surface area contributed by atoms with E-state index < -0.39 is 6.09 Å². The van der Waals surface area contributed by atoms with Gasteiger partial charge in [-0.25, -0.2) is 4.79 Å². The van der Waals surface area contributed by atoms with Crippen LogP contribution in [0.4, 0.5) is 4.79 Å². The second-order valence-corrected chi connectivity index (χ2v) is 4.27. The number of aryl methyl sites for hydroxylation is 1. The molecule has 1 aromatic carbocycles. The molecule has 1 aromatic rings. The van der Waals surface area contributed by atoms with Crippen LogP contribution in [-0.4, -0.2) is 19.2 Å². The van der Waals surface area contributed by atoms with Crippen LogP contribution >= 0.6 is 0 Å². The minimum atomic E-state index is -0.712. The van der Waals surface area contributed by atoms with Crippen LogP contribution in [0.25, 0.3) is 0 Å². The number of nitrogens with one attached hydrogen (secondary N) is 1. The second kappa shape index (κ2) is 5.68. The highest BCUT2D eigenvalue weighted by atomic mass is 16.5. The predicted molar refractivity (Wildman–Crippen MR) is 65.7 cm³/mol. The number of hydrogen-bond donors (Lipinski definition) is 2. The van der Waals surface area contributed by atoms with Gasteiger partial charge in [-0.2, -0.15) is 0 Å². The SMILES string of the molecule is NC(=O)OCCNC1CCCc2ccccc21. The molecule has 0 fully saturated rings. The second-order valence-electron chi connectivity index (χ2n) is 4.27. The molecule has 1 aliphatic rings. The van der Waals surface area contributed by atoms with Crippen LogP contribution in [-0.2, 0) is 11.2 Å². The minimum Gasteiger partial charge on any atom is -0.448 e. The normalized spacial score (nSPS) is 18.5. The van der Waals surface area contributed by atoms with Crippen molar-refractivity contribution in [1.82, 2.24) is 5.32 Å². The smallest absolute Gasteiger partial charge is 0.404 e. The van der Waals surface area contributed by atoms with Gasteiger partial charge < -0.3 is 15.8 Å². The number of rotatable bonds is 4. The summed E-state index contributed by atoms with van der Waals surface area (Å²) in [6.45, 7) is 0.968. The summed E-state index contributed by atoms with van der Waals surface area (Å²) in [6, 6.07) is 8.87. The van der Waals surface area contributed by atoms with Gasteiger partial charge in [0.25, 0.3) is 0 Å². The highest BCUT2D eigenvalue weighted by Crippen LogP contribution is 2.28. The maximum atomic E-state index is 10.4. The molecular formula is C13H18N2O2. The van der Waals surface area contributed by atoms with Crippen molar-refractivity contribution in [3.8, 4) is 0 Å². The number of amides is 1. The summed E-state index contributed by atoms with van der Waals surface area (Å²) < 4.78 is 4.70. The van der Waals surface area contributed by atoms with Crippen molar-refractivity contribution in [2.24, 2.45) is 5.73 Å². The summed E-state index contributed by atoms with van der Waals surface area (Å²) in [7, 11) is 0. The minimum absolute atomic E-state index is 0.327. The first-order chi connectivity index (χ1) is 8.27. The van der Waals surface area contributed by atoms with Crippen LogP contribution in [0, 0.1) is 0 Å². The standard InChI is InChI=1S/C13H18N2O2/c14-13(16)17-9-8-15-12-7-3-5-10-4-1-2-6-11(10)12/h1-2,4,6,12,15H,3,5,7-9H2,(H2,14,16). The molecule has 17 heavy (non-hydrogen) atoms. The fraction of sp³-hybridized carbons (Fsp3) is 0.462. The molecule has 0 bridgehead atoms. The van der Waals surface area contributed by atoms with E-state index in [1.54, 1.807) is 0 Å². The van der Waals surface area contributed by atoms with E-state index in [2.05, 4.69) is 29.6 Å². The molecule has 92 valence electrons. The maximum Gasteiger partial charge on any atom is 0.404 e. The van der Waals surface area contributed by atoms with Gasteiger partial charge in [0.15, 0.2) is 0 Å². The number of carbonyl (C=O) groups excluding carboxylic acids is 1. The predicted octanol–water partition coefficient (Wildman–Crippen LogP) is 1.75. The van der Waals surface area contributed by atoms with Gasteiger partial charge in [0.1, 0.15) is 6.61 Å². The molecule has 1 atom stereocenters. The Hall–Kier alpha value is -1.55. The van der Waals surface area contributed by atoms with E-state index in [4.69, 9.17) is 10.5 Å². The monoisotopic (exact) mass is 234 g/mol. The van der Waals surface area contributed by atoms with E-state index in [0.717, 1.165) is 12.8 Å². The van der Waals surface area contributed by atoms with Crippen LogP contribution in [0.5, 0.6) is 0 Å². The van der Waals surface area contributed by atoms with Crippen molar-refractivity contribution in [3.05, 3.63) is 35.4 Å². The Kier molecular flexibility index (Phi) is 3.98. The van der Waals surface area contributed by atoms with Crippen LogP contribution in [0.1, 0.15) is 30.0 Å². The Balaban J connectivity index is 1.88. The van der Waals surface area contributed by atoms with E-state index in [1.165, 1.54) is 17.5 Å². The van der Waals surface area contributed by atoms with Crippen molar-refractivity contribution in [3.63, 3.8) is 0 Å². The first-order valence-corrected chi connectivity index (χ1v) is 6.01. The van der Waals surface area contributed by atoms with E-state index in [0.29, 0.717) is 19.2 Å². The molecule has 0 heterocycles. The number of benzene rings is 1. The third-order valence-electron chi connectivity index (χ3n) is 3.11. The number of nitrogens with two attached hydrogens (primary N) is 1. The molecule has 0 spiro atoms. The van der Waals surface area contributed by atoms with E-state index in [9.17, 15) is 4.79 Å². The first-order valence-electron chi connectivity index (χ1n) is 6.01. The average molecular weight is 234 g/mol. The van der Waals surface area contributed by atoms with Gasteiger partial charge in [-0.15, -0.1) is 0 Å². The van der Waals surface area contributed by atoms with Gasteiger partial charge in [0.05, 0.1) is 0 Å². The number of primary amides is 1. The summed E-state index contributed by atoms with van der Waals surface area (Å²) in [5.74, 6) is 0. The highest BCUT2D eigenvalue weighted by molar-refractivity contribution is 5.64.